The molecule has 1 aliphatic heterocycles. The van der Waals surface area contributed by atoms with E-state index in [1.54, 1.807) is 25.7 Å². The fourth-order valence-corrected chi connectivity index (χ4v) is 10.9. The van der Waals surface area contributed by atoms with Crippen LogP contribution in [0.1, 0.15) is 145 Å². The Kier molecular flexibility index (Phi) is 12.1. The molecule has 0 aromatic carbocycles. The Hall–Kier alpha value is -2.70. The topological polar surface area (TPSA) is 171 Å². The van der Waals surface area contributed by atoms with E-state index in [0.29, 0.717) is 32.2 Å². The third-order valence-electron chi connectivity index (χ3n) is 13.4. The van der Waals surface area contributed by atoms with Crippen molar-refractivity contribution in [3.63, 3.8) is 0 Å². The number of fused-ring (bicyclic) bond motifs is 1. The van der Waals surface area contributed by atoms with Gasteiger partial charge < -0.3 is 26.2 Å². The molecule has 1 saturated heterocycles. The van der Waals surface area contributed by atoms with Gasteiger partial charge in [0.25, 0.3) is 5.91 Å². The molecule has 300 valence electrons. The first-order chi connectivity index (χ1) is 24.6. The quantitative estimate of drug-likeness (QED) is 0.185. The van der Waals surface area contributed by atoms with Crippen molar-refractivity contribution in [1.82, 2.24) is 26.2 Å². The van der Waals surface area contributed by atoms with Gasteiger partial charge in [-0.3, -0.25) is 19.2 Å². The van der Waals surface area contributed by atoms with Crippen LogP contribution in [0.3, 0.4) is 0 Å². The van der Waals surface area contributed by atoms with Gasteiger partial charge in [-0.25, -0.2) is 13.2 Å². The van der Waals surface area contributed by atoms with Gasteiger partial charge in [-0.05, 0) is 101 Å². The van der Waals surface area contributed by atoms with Gasteiger partial charge in [0.2, 0.25) is 17.6 Å². The van der Waals surface area contributed by atoms with E-state index in [2.05, 4.69) is 35.1 Å². The minimum atomic E-state index is -3.57. The molecule has 5 aliphatic rings. The summed E-state index contributed by atoms with van der Waals surface area (Å²) >= 11 is 0. The molecular weight excluding hydrogens is 695 g/mol. The van der Waals surface area contributed by atoms with Crippen LogP contribution in [0.15, 0.2) is 0 Å². The van der Waals surface area contributed by atoms with Gasteiger partial charge in [0.05, 0.1) is 22.1 Å². The number of carbonyl (C=O) groups excluding carboxylic acids is 5. The van der Waals surface area contributed by atoms with Crippen molar-refractivity contribution in [2.24, 2.45) is 28.6 Å². The lowest BCUT2D eigenvalue weighted by Crippen LogP contribution is -2.65. The first kappa shape index (κ1) is 41.5. The highest BCUT2D eigenvalue weighted by atomic mass is 32.2. The van der Waals surface area contributed by atoms with E-state index in [0.717, 1.165) is 64.2 Å². The molecule has 1 unspecified atom stereocenters. The normalized spacial score (nSPS) is 27.2. The number of urea groups is 1. The van der Waals surface area contributed by atoms with Crippen LogP contribution in [0.25, 0.3) is 0 Å². The predicted octanol–water partition coefficient (Wildman–Crippen LogP) is 4.79. The first-order valence-electron chi connectivity index (χ1n) is 20.4. The maximum atomic E-state index is 15.0. The number of piperidine rings is 1. The summed E-state index contributed by atoms with van der Waals surface area (Å²) in [4.78, 5) is 71.3. The molecule has 4 N–H and O–H groups in total. The minimum Gasteiger partial charge on any atom is -0.347 e. The Morgan fingerprint density at radius 3 is 1.96 bits per heavy atom. The second-order valence-electron chi connectivity index (χ2n) is 19.5. The summed E-state index contributed by atoms with van der Waals surface area (Å²) in [5, 5.41) is 11.9. The van der Waals surface area contributed by atoms with Crippen LogP contribution < -0.4 is 21.3 Å². The number of carbonyl (C=O) groups is 5. The van der Waals surface area contributed by atoms with Gasteiger partial charge in [-0.2, -0.15) is 0 Å². The number of nitrogens with one attached hydrogen (secondary N) is 4. The molecule has 5 atom stereocenters. The Morgan fingerprint density at radius 1 is 0.830 bits per heavy atom. The number of amides is 5. The standard InChI is InChI=1S/C40H67N5O7S/c1-25(2)15-18-28(31(46)34(48)41-26-16-17-26)42-33(47)30-29-27(38(29,6)7)23-45(30)35(49)32(39(8)19-11-9-12-20-39)43-36(50)44-40(21-13-10-14-22-40)24-53(51,52)37(3,4)5/h25-30,32H,9-24H2,1-8H3,(H,41,48)(H,42,47)(H2,43,44,50)/t27-,28?,29-,30-,32+/m0/s1. The lowest BCUT2D eigenvalue weighted by molar-refractivity contribution is -0.146. The molecule has 0 bridgehead atoms. The molecular formula is C40H67N5O7S. The third-order valence-corrected chi connectivity index (χ3v) is 16.2. The maximum absolute atomic E-state index is 15.0. The van der Waals surface area contributed by atoms with Crippen molar-refractivity contribution in [1.29, 1.82) is 0 Å². The number of rotatable bonds is 14. The van der Waals surface area contributed by atoms with E-state index < -0.39 is 67.3 Å². The van der Waals surface area contributed by atoms with Crippen molar-refractivity contribution in [2.45, 2.75) is 180 Å². The molecule has 5 rings (SSSR count). The monoisotopic (exact) mass is 761 g/mol. The molecule has 4 aliphatic carbocycles. The number of ketones is 1. The highest BCUT2D eigenvalue weighted by Gasteiger charge is 2.70. The van der Waals surface area contributed by atoms with Gasteiger partial charge in [-0.15, -0.1) is 0 Å². The Bertz CT molecular complexity index is 1520. The molecule has 4 saturated carbocycles. The minimum absolute atomic E-state index is 0.00235. The zero-order valence-corrected chi connectivity index (χ0v) is 34.4. The average molecular weight is 762 g/mol. The van der Waals surface area contributed by atoms with Crippen LogP contribution >= 0.6 is 0 Å². The van der Waals surface area contributed by atoms with Crippen molar-refractivity contribution in [2.75, 3.05) is 12.3 Å². The highest BCUT2D eigenvalue weighted by Crippen LogP contribution is 2.65. The second kappa shape index (κ2) is 15.4. The molecule has 1 heterocycles. The van der Waals surface area contributed by atoms with Crippen LogP contribution in [-0.4, -0.2) is 89.6 Å². The fraction of sp³-hybridized carbons (Fsp3) is 0.875. The predicted molar refractivity (Wildman–Crippen MR) is 204 cm³/mol. The summed E-state index contributed by atoms with van der Waals surface area (Å²) in [5.41, 5.74) is -1.72. The number of hydrogen-bond acceptors (Lipinski definition) is 7. The van der Waals surface area contributed by atoms with E-state index >= 15 is 0 Å². The molecule has 5 amide bonds. The molecule has 0 aromatic heterocycles. The lowest BCUT2D eigenvalue weighted by Gasteiger charge is -2.44. The SMILES string of the molecule is CC(C)CCC(NC(=O)[C@@H]1[C@@H]2[C@H](CN1C(=O)[C@@H](NC(=O)NC1(CS(=O)(=O)C(C)(C)C)CCCCC1)C1(C)CCCCC1)C2(C)C)C(=O)C(=O)NC1CC1. The summed E-state index contributed by atoms with van der Waals surface area (Å²) < 4.78 is 25.9. The summed E-state index contributed by atoms with van der Waals surface area (Å²) in [6.07, 6.45) is 10.5. The molecule has 53 heavy (non-hydrogen) atoms. The second-order valence-corrected chi connectivity index (χ2v) is 22.2. The van der Waals surface area contributed by atoms with Gasteiger partial charge >= 0.3 is 6.03 Å². The number of hydrogen-bond donors (Lipinski definition) is 4. The number of nitrogens with zero attached hydrogens (tertiary/aromatic N) is 1. The molecule has 0 aromatic rings. The number of sulfone groups is 1. The number of likely N-dealkylation sites (tertiary alicyclic amines) is 1. The van der Waals surface area contributed by atoms with Crippen LogP contribution in [0, 0.1) is 28.6 Å². The average Bonchev–Trinajstić information content (AvgIpc) is 3.92. The van der Waals surface area contributed by atoms with E-state index in [-0.39, 0.29) is 40.9 Å². The molecule has 5 fully saturated rings. The van der Waals surface area contributed by atoms with Crippen LogP contribution in [0.2, 0.25) is 0 Å². The summed E-state index contributed by atoms with van der Waals surface area (Å²) in [6.45, 7) is 15.7. The van der Waals surface area contributed by atoms with Crippen molar-refractivity contribution < 1.29 is 32.4 Å². The van der Waals surface area contributed by atoms with E-state index in [4.69, 9.17) is 0 Å². The molecule has 12 nitrogen and oxygen atoms in total. The summed E-state index contributed by atoms with van der Waals surface area (Å²) in [5.74, 6) is -2.09. The molecule has 0 radical (unpaired) electrons. The van der Waals surface area contributed by atoms with Gasteiger partial charge in [0.15, 0.2) is 9.84 Å². The fourth-order valence-electron chi connectivity index (χ4n) is 9.35. The van der Waals surface area contributed by atoms with Crippen LogP contribution in [0.5, 0.6) is 0 Å². The zero-order valence-electron chi connectivity index (χ0n) is 33.6. The van der Waals surface area contributed by atoms with E-state index in [1.165, 1.54) is 0 Å². The van der Waals surface area contributed by atoms with E-state index in [1.807, 2.05) is 20.8 Å². The van der Waals surface area contributed by atoms with Crippen LogP contribution in [0.4, 0.5) is 4.79 Å². The smallest absolute Gasteiger partial charge is 0.315 e. The molecule has 0 spiro atoms. The molecule has 13 heteroatoms. The Morgan fingerprint density at radius 2 is 1.42 bits per heavy atom. The maximum Gasteiger partial charge on any atom is 0.315 e. The van der Waals surface area contributed by atoms with Crippen molar-refractivity contribution >= 4 is 39.4 Å². The van der Waals surface area contributed by atoms with Crippen LogP contribution in [-0.2, 0) is 29.0 Å². The Labute approximate surface area is 317 Å². The van der Waals surface area contributed by atoms with Gasteiger partial charge in [0, 0.05) is 12.6 Å². The van der Waals surface area contributed by atoms with Gasteiger partial charge in [-0.1, -0.05) is 73.1 Å². The van der Waals surface area contributed by atoms with Crippen molar-refractivity contribution in [3.8, 4) is 0 Å². The summed E-state index contributed by atoms with van der Waals surface area (Å²) in [6, 6.07) is -3.37. The van der Waals surface area contributed by atoms with Crippen molar-refractivity contribution in [3.05, 3.63) is 0 Å². The third kappa shape index (κ3) is 9.23. The summed E-state index contributed by atoms with van der Waals surface area (Å²) in [7, 11) is -3.57. The lowest BCUT2D eigenvalue weighted by atomic mass is 9.70. The van der Waals surface area contributed by atoms with E-state index in [9.17, 15) is 32.4 Å². The Balaban J connectivity index is 1.40. The zero-order chi connectivity index (χ0) is 39.1. The highest BCUT2D eigenvalue weighted by molar-refractivity contribution is 7.92. The largest absolute Gasteiger partial charge is 0.347 e. The first-order valence-corrected chi connectivity index (χ1v) is 22.0. The number of Topliss-reactive ketones (excluding diaryl/α,β-unsaturated/α-hetero) is 1. The van der Waals surface area contributed by atoms with Gasteiger partial charge in [0.1, 0.15) is 12.1 Å².